The van der Waals surface area contributed by atoms with Gasteiger partial charge >= 0.3 is 0 Å². The largest absolute Gasteiger partial charge is 0.366 e. The summed E-state index contributed by atoms with van der Waals surface area (Å²) in [5.41, 5.74) is 6.44. The van der Waals surface area contributed by atoms with E-state index in [1.807, 2.05) is 91.1 Å². The van der Waals surface area contributed by atoms with Crippen LogP contribution in [0.1, 0.15) is 16.7 Å². The molecule has 0 aliphatic rings. The first-order chi connectivity index (χ1) is 19.5. The van der Waals surface area contributed by atoms with Crippen LogP contribution in [0, 0.1) is 0 Å². The molecule has 198 valence electrons. The lowest BCUT2D eigenvalue weighted by atomic mass is 10.1. The molecule has 40 heavy (non-hydrogen) atoms. The number of hydrogen-bond donors (Lipinski definition) is 3. The molecular weight excluding hydrogens is 588 g/mol. The molecule has 0 spiro atoms. The van der Waals surface area contributed by atoms with Gasteiger partial charge in [-0.3, -0.25) is 4.79 Å². The summed E-state index contributed by atoms with van der Waals surface area (Å²) in [5, 5.41) is 12.6. The number of halogens is 2. The van der Waals surface area contributed by atoms with E-state index in [1.165, 1.54) is 0 Å². The Morgan fingerprint density at radius 3 is 2.58 bits per heavy atom. The highest BCUT2D eigenvalue weighted by Gasteiger charge is 2.13. The lowest BCUT2D eigenvalue weighted by Crippen LogP contribution is -2.20. The second kappa shape index (κ2) is 11.4. The quantitative estimate of drug-likeness (QED) is 0.158. The van der Waals surface area contributed by atoms with Crippen molar-refractivity contribution >= 4 is 61.9 Å². The minimum absolute atomic E-state index is 0.141. The number of nitrogens with one attached hydrogen (secondary N) is 3. The molecule has 1 amide bonds. The lowest BCUT2D eigenvalue weighted by Gasteiger charge is -2.12. The summed E-state index contributed by atoms with van der Waals surface area (Å²) < 4.78 is 2.56. The van der Waals surface area contributed by atoms with Crippen molar-refractivity contribution in [3.05, 3.63) is 124 Å². The maximum Gasteiger partial charge on any atom is 0.244 e. The second-order valence-corrected chi connectivity index (χ2v) is 10.5. The average Bonchev–Trinajstić information content (AvgIpc) is 3.57. The predicted molar refractivity (Wildman–Crippen MR) is 164 cm³/mol. The first kappa shape index (κ1) is 25.9. The molecule has 6 rings (SSSR count). The molecule has 0 saturated heterocycles. The van der Waals surface area contributed by atoms with Crippen molar-refractivity contribution in [2.45, 2.75) is 13.1 Å². The van der Waals surface area contributed by atoms with E-state index in [-0.39, 0.29) is 5.91 Å². The van der Waals surface area contributed by atoms with E-state index in [2.05, 4.69) is 36.6 Å². The van der Waals surface area contributed by atoms with E-state index in [1.54, 1.807) is 16.8 Å². The molecule has 6 aromatic rings. The molecule has 0 saturated carbocycles. The van der Waals surface area contributed by atoms with Crippen molar-refractivity contribution < 1.29 is 4.79 Å². The van der Waals surface area contributed by atoms with Gasteiger partial charge in [0.15, 0.2) is 5.65 Å². The number of aromatic nitrogens is 4. The fraction of sp³-hybridized carbons (Fsp3) is 0.0645. The van der Waals surface area contributed by atoms with Gasteiger partial charge in [0, 0.05) is 52.9 Å². The number of H-pyrrole nitrogens is 1. The summed E-state index contributed by atoms with van der Waals surface area (Å²) in [7, 11) is 0. The molecule has 0 unspecified atom stereocenters. The van der Waals surface area contributed by atoms with E-state index in [9.17, 15) is 4.79 Å². The van der Waals surface area contributed by atoms with Crippen LogP contribution in [0.4, 0.5) is 5.82 Å². The molecule has 0 bridgehead atoms. The zero-order valence-electron chi connectivity index (χ0n) is 21.2. The van der Waals surface area contributed by atoms with Crippen LogP contribution >= 0.6 is 27.5 Å². The highest BCUT2D eigenvalue weighted by Crippen LogP contribution is 2.30. The normalized spacial score (nSPS) is 11.4. The van der Waals surface area contributed by atoms with Gasteiger partial charge in [0.05, 0.1) is 16.4 Å². The van der Waals surface area contributed by atoms with Crippen LogP contribution in [0.25, 0.3) is 33.9 Å². The molecule has 3 N–H and O–H groups in total. The van der Waals surface area contributed by atoms with Gasteiger partial charge in [0.2, 0.25) is 5.91 Å². The van der Waals surface area contributed by atoms with Gasteiger partial charge in [-0.25, -0.2) is 4.98 Å². The van der Waals surface area contributed by atoms with Gasteiger partial charge in [0.1, 0.15) is 5.82 Å². The summed E-state index contributed by atoms with van der Waals surface area (Å²) in [4.78, 5) is 20.4. The number of para-hydroxylation sites is 1. The Hall–Kier alpha value is -4.40. The van der Waals surface area contributed by atoms with E-state index >= 15 is 0 Å². The minimum atomic E-state index is -0.141. The zero-order chi connectivity index (χ0) is 27.5. The molecule has 3 aromatic heterocycles. The Morgan fingerprint density at radius 2 is 1.75 bits per heavy atom. The maximum atomic E-state index is 12.4. The molecule has 0 aliphatic heterocycles. The number of nitrogens with zero attached hydrogens (tertiary/aromatic N) is 3. The highest BCUT2D eigenvalue weighted by molar-refractivity contribution is 9.10. The van der Waals surface area contributed by atoms with Crippen LogP contribution in [0.15, 0.2) is 102 Å². The van der Waals surface area contributed by atoms with Crippen LogP contribution in [0.2, 0.25) is 5.02 Å². The van der Waals surface area contributed by atoms with E-state index in [0.29, 0.717) is 23.8 Å². The van der Waals surface area contributed by atoms with Crippen LogP contribution in [0.5, 0.6) is 0 Å². The molecule has 3 aromatic carbocycles. The number of carbonyl (C=O) groups excluding carboxylic acids is 1. The topological polar surface area (TPSA) is 87.1 Å². The Kier molecular flexibility index (Phi) is 7.35. The highest BCUT2D eigenvalue weighted by atomic mass is 79.9. The van der Waals surface area contributed by atoms with Crippen molar-refractivity contribution in [1.82, 2.24) is 24.9 Å². The molecule has 7 nitrogen and oxygen atoms in total. The molecule has 0 radical (unpaired) electrons. The Labute approximate surface area is 244 Å². The minimum Gasteiger partial charge on any atom is -0.366 e. The van der Waals surface area contributed by atoms with E-state index in [4.69, 9.17) is 16.6 Å². The van der Waals surface area contributed by atoms with Crippen molar-refractivity contribution in [3.63, 3.8) is 0 Å². The fourth-order valence-electron chi connectivity index (χ4n) is 4.48. The third-order valence-electron chi connectivity index (χ3n) is 6.58. The van der Waals surface area contributed by atoms with Gasteiger partial charge in [-0.2, -0.15) is 9.61 Å². The average molecular weight is 612 g/mol. The second-order valence-electron chi connectivity index (χ2n) is 9.25. The van der Waals surface area contributed by atoms with E-state index in [0.717, 1.165) is 49.1 Å². The van der Waals surface area contributed by atoms with Gasteiger partial charge in [-0.15, -0.1) is 0 Å². The third-order valence-corrected chi connectivity index (χ3v) is 7.47. The number of rotatable bonds is 8. The number of benzene rings is 3. The lowest BCUT2D eigenvalue weighted by molar-refractivity contribution is -0.116. The van der Waals surface area contributed by atoms with E-state index < -0.39 is 0 Å². The number of fused-ring (bicyclic) bond motifs is 2. The van der Waals surface area contributed by atoms with Crippen molar-refractivity contribution in [2.24, 2.45) is 0 Å². The standard InChI is InChI=1S/C31H24BrClN6O/c32-25-19-37-39-29(15-28(38-31(25)39)24-6-1-3-7-26(24)33)35-16-20-9-11-21(12-10-20)17-36-30(40)14-13-22-18-34-27-8-4-2-5-23(22)27/h1-15,18-19,34-35H,16-17H2,(H,36,40)/b14-13+. The molecule has 3 heterocycles. The van der Waals surface area contributed by atoms with Crippen LogP contribution in [-0.2, 0) is 17.9 Å². The molecular formula is C31H24BrClN6O. The number of anilines is 1. The number of aromatic amines is 1. The van der Waals surface area contributed by atoms with Crippen molar-refractivity contribution in [1.29, 1.82) is 0 Å². The number of carbonyl (C=O) groups is 1. The zero-order valence-corrected chi connectivity index (χ0v) is 23.6. The van der Waals surface area contributed by atoms with Crippen molar-refractivity contribution in [2.75, 3.05) is 5.32 Å². The van der Waals surface area contributed by atoms with Gasteiger partial charge in [0.25, 0.3) is 0 Å². The fourth-order valence-corrected chi connectivity index (χ4v) is 5.06. The first-order valence-corrected chi connectivity index (χ1v) is 13.9. The Balaban J connectivity index is 1.10. The summed E-state index contributed by atoms with van der Waals surface area (Å²) in [6.07, 6.45) is 7.02. The maximum absolute atomic E-state index is 12.4. The summed E-state index contributed by atoms with van der Waals surface area (Å²) in [5.74, 6) is 0.654. The molecule has 0 aliphatic carbocycles. The van der Waals surface area contributed by atoms with Crippen LogP contribution in [0.3, 0.4) is 0 Å². The number of hydrogen-bond acceptors (Lipinski definition) is 4. The third kappa shape index (κ3) is 5.50. The molecule has 0 atom stereocenters. The Morgan fingerprint density at radius 1 is 1.00 bits per heavy atom. The predicted octanol–water partition coefficient (Wildman–Crippen LogP) is 7.24. The molecule has 0 fully saturated rings. The van der Waals surface area contributed by atoms with Gasteiger partial charge < -0.3 is 15.6 Å². The first-order valence-electron chi connectivity index (χ1n) is 12.7. The smallest absolute Gasteiger partial charge is 0.244 e. The van der Waals surface area contributed by atoms with Gasteiger partial charge in [-0.1, -0.05) is 72.3 Å². The SMILES string of the molecule is O=C(/C=C/c1c[nH]c2ccccc12)NCc1ccc(CNc2cc(-c3ccccc3Cl)nc3c(Br)cnn23)cc1. The summed E-state index contributed by atoms with van der Waals surface area (Å²) >= 11 is 9.99. The number of amides is 1. The Bertz CT molecular complexity index is 1860. The molecule has 9 heteroatoms. The summed E-state index contributed by atoms with van der Waals surface area (Å²) in [6, 6.07) is 25.7. The van der Waals surface area contributed by atoms with Crippen LogP contribution < -0.4 is 10.6 Å². The van der Waals surface area contributed by atoms with Gasteiger partial charge in [-0.05, 0) is 50.8 Å². The van der Waals surface area contributed by atoms with Crippen LogP contribution in [-0.4, -0.2) is 25.5 Å². The monoisotopic (exact) mass is 610 g/mol. The summed E-state index contributed by atoms with van der Waals surface area (Å²) in [6.45, 7) is 1.02. The van der Waals surface area contributed by atoms with Crippen molar-refractivity contribution in [3.8, 4) is 11.3 Å².